The molecule has 14 heavy (non-hydrogen) atoms. The first-order valence-corrected chi connectivity index (χ1v) is 6.31. The molecule has 0 aromatic rings. The molecule has 0 amide bonds. The Morgan fingerprint density at radius 2 is 1.93 bits per heavy atom. The number of nitrogens with zero attached hydrogens (tertiary/aromatic N) is 1. The molecule has 1 aliphatic carbocycles. The van der Waals surface area contributed by atoms with Crippen LogP contribution < -0.4 is 5.32 Å². The molecule has 1 N–H and O–H groups in total. The number of hydrogen-bond donors (Lipinski definition) is 1. The van der Waals surface area contributed by atoms with E-state index in [1.807, 2.05) is 0 Å². The second-order valence-electron chi connectivity index (χ2n) is 5.06. The molecule has 1 aliphatic heterocycles. The Kier molecular flexibility index (Phi) is 3.82. The molecule has 0 unspecified atom stereocenters. The number of nitrogens with one attached hydrogen (secondary N) is 1. The van der Waals surface area contributed by atoms with E-state index in [2.05, 4.69) is 17.1 Å². The summed E-state index contributed by atoms with van der Waals surface area (Å²) in [6, 6.07) is 0. The smallest absolute Gasteiger partial charge is 0.000966 e. The molecule has 82 valence electrons. The van der Waals surface area contributed by atoms with Gasteiger partial charge in [-0.15, -0.1) is 0 Å². The van der Waals surface area contributed by atoms with Gasteiger partial charge in [0.1, 0.15) is 0 Å². The fourth-order valence-corrected chi connectivity index (χ4v) is 2.19. The van der Waals surface area contributed by atoms with E-state index < -0.39 is 0 Å². The monoisotopic (exact) mass is 196 g/mol. The predicted octanol–water partition coefficient (Wildman–Crippen LogP) is 1.72. The number of hydrogen-bond acceptors (Lipinski definition) is 2. The molecule has 0 aromatic heterocycles. The van der Waals surface area contributed by atoms with Crippen molar-refractivity contribution < 1.29 is 0 Å². The van der Waals surface area contributed by atoms with Crippen LogP contribution in [0.4, 0.5) is 0 Å². The highest BCUT2D eigenvalue weighted by atomic mass is 15.1. The molecule has 2 heteroatoms. The van der Waals surface area contributed by atoms with E-state index in [0.717, 1.165) is 11.8 Å². The molecule has 2 rings (SSSR count). The van der Waals surface area contributed by atoms with Gasteiger partial charge in [0.25, 0.3) is 0 Å². The van der Waals surface area contributed by atoms with Crippen LogP contribution in [0.3, 0.4) is 0 Å². The normalized spacial score (nSPS) is 22.7. The van der Waals surface area contributed by atoms with Gasteiger partial charge in [-0.1, -0.05) is 6.92 Å². The van der Waals surface area contributed by atoms with Crippen LogP contribution >= 0.6 is 0 Å². The highest BCUT2D eigenvalue weighted by molar-refractivity contribution is 4.79. The molecular weight excluding hydrogens is 172 g/mol. The summed E-state index contributed by atoms with van der Waals surface area (Å²) in [5, 5.41) is 3.35. The molecule has 0 bridgehead atoms. The van der Waals surface area contributed by atoms with Crippen molar-refractivity contribution in [3.05, 3.63) is 0 Å². The summed E-state index contributed by atoms with van der Waals surface area (Å²) in [4.78, 5) is 2.69. The molecule has 2 aliphatic rings. The SMILES string of the molecule is CCCN(CCC1CNC1)CC1CC1. The van der Waals surface area contributed by atoms with Gasteiger partial charge in [0.05, 0.1) is 0 Å². The first-order valence-electron chi connectivity index (χ1n) is 6.31. The topological polar surface area (TPSA) is 15.3 Å². The summed E-state index contributed by atoms with van der Waals surface area (Å²) in [7, 11) is 0. The third-order valence-electron chi connectivity index (χ3n) is 3.47. The maximum atomic E-state index is 3.35. The second kappa shape index (κ2) is 5.13. The Balaban J connectivity index is 1.60. The summed E-state index contributed by atoms with van der Waals surface area (Å²) in [6.45, 7) is 8.87. The molecule has 0 spiro atoms. The van der Waals surface area contributed by atoms with Gasteiger partial charge >= 0.3 is 0 Å². The average Bonchev–Trinajstić information content (AvgIpc) is 2.85. The van der Waals surface area contributed by atoms with Crippen LogP contribution in [0.1, 0.15) is 32.6 Å². The minimum absolute atomic E-state index is 0.980. The summed E-state index contributed by atoms with van der Waals surface area (Å²) in [5.74, 6) is 2.04. The Bertz CT molecular complexity index is 162. The Labute approximate surface area is 88.1 Å². The minimum atomic E-state index is 0.980. The van der Waals surface area contributed by atoms with Gasteiger partial charge in [-0.25, -0.2) is 0 Å². The molecule has 0 aromatic carbocycles. The first kappa shape index (κ1) is 10.4. The summed E-state index contributed by atoms with van der Waals surface area (Å²) in [6.07, 6.45) is 5.71. The van der Waals surface area contributed by atoms with Gasteiger partial charge in [-0.05, 0) is 63.7 Å². The van der Waals surface area contributed by atoms with Crippen LogP contribution in [0.15, 0.2) is 0 Å². The molecule has 0 atom stereocenters. The lowest BCUT2D eigenvalue weighted by molar-refractivity contribution is 0.219. The average molecular weight is 196 g/mol. The fraction of sp³-hybridized carbons (Fsp3) is 1.00. The lowest BCUT2D eigenvalue weighted by Gasteiger charge is -2.30. The van der Waals surface area contributed by atoms with E-state index in [4.69, 9.17) is 0 Å². The summed E-state index contributed by atoms with van der Waals surface area (Å²) < 4.78 is 0. The van der Waals surface area contributed by atoms with Crippen LogP contribution in [-0.2, 0) is 0 Å². The minimum Gasteiger partial charge on any atom is -0.316 e. The van der Waals surface area contributed by atoms with Crippen molar-refractivity contribution >= 4 is 0 Å². The van der Waals surface area contributed by atoms with E-state index >= 15 is 0 Å². The zero-order chi connectivity index (χ0) is 9.80. The molecule has 0 radical (unpaired) electrons. The quantitative estimate of drug-likeness (QED) is 0.667. The molecule has 1 heterocycles. The zero-order valence-corrected chi connectivity index (χ0v) is 9.47. The van der Waals surface area contributed by atoms with Crippen LogP contribution in [-0.4, -0.2) is 37.6 Å². The van der Waals surface area contributed by atoms with Crippen molar-refractivity contribution in [2.24, 2.45) is 11.8 Å². The summed E-state index contributed by atoms with van der Waals surface area (Å²) in [5.41, 5.74) is 0. The molecule has 1 saturated heterocycles. The fourth-order valence-electron chi connectivity index (χ4n) is 2.19. The summed E-state index contributed by atoms with van der Waals surface area (Å²) >= 11 is 0. The van der Waals surface area contributed by atoms with E-state index in [1.54, 1.807) is 0 Å². The van der Waals surface area contributed by atoms with E-state index in [0.29, 0.717) is 0 Å². The third-order valence-corrected chi connectivity index (χ3v) is 3.47. The van der Waals surface area contributed by atoms with Gasteiger partial charge in [-0.3, -0.25) is 0 Å². The maximum absolute atomic E-state index is 3.35. The lowest BCUT2D eigenvalue weighted by atomic mass is 9.99. The van der Waals surface area contributed by atoms with Crippen molar-refractivity contribution in [2.45, 2.75) is 32.6 Å². The lowest BCUT2D eigenvalue weighted by Crippen LogP contribution is -2.43. The predicted molar refractivity (Wildman–Crippen MR) is 60.4 cm³/mol. The van der Waals surface area contributed by atoms with Crippen LogP contribution in [0, 0.1) is 11.8 Å². The maximum Gasteiger partial charge on any atom is 0.000966 e. The van der Waals surface area contributed by atoms with Crippen LogP contribution in [0.25, 0.3) is 0 Å². The van der Waals surface area contributed by atoms with Gasteiger partial charge in [-0.2, -0.15) is 0 Å². The van der Waals surface area contributed by atoms with Crippen molar-refractivity contribution in [3.63, 3.8) is 0 Å². The van der Waals surface area contributed by atoms with Crippen molar-refractivity contribution in [1.82, 2.24) is 10.2 Å². The highest BCUT2D eigenvalue weighted by Crippen LogP contribution is 2.29. The Morgan fingerprint density at radius 3 is 2.43 bits per heavy atom. The van der Waals surface area contributed by atoms with E-state index in [1.165, 1.54) is 58.4 Å². The standard InChI is InChI=1S/C12H24N2/c1-2-6-14(10-11-3-4-11)7-5-12-8-13-9-12/h11-13H,2-10H2,1H3. The van der Waals surface area contributed by atoms with Gasteiger partial charge in [0.2, 0.25) is 0 Å². The molecule has 2 nitrogen and oxygen atoms in total. The van der Waals surface area contributed by atoms with Crippen LogP contribution in [0.2, 0.25) is 0 Å². The van der Waals surface area contributed by atoms with E-state index in [-0.39, 0.29) is 0 Å². The Morgan fingerprint density at radius 1 is 1.14 bits per heavy atom. The number of rotatable bonds is 7. The van der Waals surface area contributed by atoms with Gasteiger partial charge < -0.3 is 10.2 Å². The Hall–Kier alpha value is -0.0800. The van der Waals surface area contributed by atoms with Crippen molar-refractivity contribution in [2.75, 3.05) is 32.7 Å². The first-order chi connectivity index (χ1) is 6.88. The second-order valence-corrected chi connectivity index (χ2v) is 5.06. The van der Waals surface area contributed by atoms with Gasteiger partial charge in [0.15, 0.2) is 0 Å². The third kappa shape index (κ3) is 3.25. The van der Waals surface area contributed by atoms with Crippen molar-refractivity contribution in [1.29, 1.82) is 0 Å². The largest absolute Gasteiger partial charge is 0.316 e. The highest BCUT2D eigenvalue weighted by Gasteiger charge is 2.24. The zero-order valence-electron chi connectivity index (χ0n) is 9.47. The van der Waals surface area contributed by atoms with Crippen LogP contribution in [0.5, 0.6) is 0 Å². The molecule has 1 saturated carbocycles. The van der Waals surface area contributed by atoms with Crippen molar-refractivity contribution in [3.8, 4) is 0 Å². The molecule has 2 fully saturated rings. The van der Waals surface area contributed by atoms with E-state index in [9.17, 15) is 0 Å². The van der Waals surface area contributed by atoms with Gasteiger partial charge in [0, 0.05) is 6.54 Å². The molecular formula is C12H24N2.